The molecule has 0 aliphatic rings. The van der Waals surface area contributed by atoms with E-state index in [1.165, 1.54) is 35.6 Å². The number of benzene rings is 3. The van der Waals surface area contributed by atoms with Crippen molar-refractivity contribution in [1.29, 1.82) is 0 Å². The Morgan fingerprint density at radius 1 is 0.848 bits per heavy atom. The number of Topliss-reactive ketones (excluding diaryl/α,β-unsaturated/α-hetero) is 1. The molecule has 0 amide bonds. The Morgan fingerprint density at radius 3 is 1.94 bits per heavy atom. The maximum Gasteiger partial charge on any atom is 0.338 e. The van der Waals surface area contributed by atoms with Gasteiger partial charge >= 0.3 is 5.97 Å². The Hall–Kier alpha value is -3.45. The van der Waals surface area contributed by atoms with Gasteiger partial charge in [-0.05, 0) is 86.3 Å². The molecule has 0 aliphatic carbocycles. The summed E-state index contributed by atoms with van der Waals surface area (Å²) in [7, 11) is -2.32. The lowest BCUT2D eigenvalue weighted by Crippen LogP contribution is -2.26. The van der Waals surface area contributed by atoms with Crippen molar-refractivity contribution >= 4 is 27.5 Å². The van der Waals surface area contributed by atoms with E-state index in [0.717, 1.165) is 22.3 Å². The van der Waals surface area contributed by atoms with Gasteiger partial charge in [0.15, 0.2) is 6.61 Å². The van der Waals surface area contributed by atoms with Crippen LogP contribution in [0.1, 0.15) is 43.0 Å². The van der Waals surface area contributed by atoms with E-state index < -0.39 is 16.0 Å². The van der Waals surface area contributed by atoms with Crippen LogP contribution in [0, 0.1) is 27.7 Å². The van der Waals surface area contributed by atoms with Gasteiger partial charge in [0.2, 0.25) is 5.78 Å². The third kappa shape index (κ3) is 4.98. The van der Waals surface area contributed by atoms with Gasteiger partial charge in [0.1, 0.15) is 0 Å². The molecule has 0 aliphatic heterocycles. The van der Waals surface area contributed by atoms with Gasteiger partial charge in [-0.3, -0.25) is 9.10 Å². The van der Waals surface area contributed by atoms with E-state index in [2.05, 4.69) is 0 Å². The zero-order valence-corrected chi connectivity index (χ0v) is 20.2. The number of carbonyl (C=O) groups excluding carboxylic acids is 2. The van der Waals surface area contributed by atoms with Crippen LogP contribution in [0.2, 0.25) is 0 Å². The highest BCUT2D eigenvalue weighted by Crippen LogP contribution is 2.23. The summed E-state index contributed by atoms with van der Waals surface area (Å²) in [5, 5.41) is 0. The van der Waals surface area contributed by atoms with E-state index in [1.54, 1.807) is 30.3 Å². The summed E-state index contributed by atoms with van der Waals surface area (Å²) in [4.78, 5) is 25.3. The Kier molecular flexibility index (Phi) is 7.03. The molecule has 33 heavy (non-hydrogen) atoms. The molecule has 0 spiro atoms. The van der Waals surface area contributed by atoms with Crippen LogP contribution in [0.4, 0.5) is 5.69 Å². The molecule has 0 radical (unpaired) electrons. The summed E-state index contributed by atoms with van der Waals surface area (Å²) < 4.78 is 32.1. The SMILES string of the molecule is Cc1cc(C)c(C)c(C(=O)COC(=O)c2ccc(S(=O)(=O)N(C)c3ccccc3)cc2)c1C. The summed E-state index contributed by atoms with van der Waals surface area (Å²) in [6, 6.07) is 16.2. The maximum atomic E-state index is 12.9. The first-order valence-corrected chi connectivity index (χ1v) is 11.9. The van der Waals surface area contributed by atoms with E-state index in [0.29, 0.717) is 11.3 Å². The lowest BCUT2D eigenvalue weighted by molar-refractivity contribution is 0.0474. The second-order valence-electron chi connectivity index (χ2n) is 7.97. The molecular formula is C26H27NO5S. The number of nitrogens with zero attached hydrogens (tertiary/aromatic N) is 1. The van der Waals surface area contributed by atoms with Gasteiger partial charge in [-0.25, -0.2) is 13.2 Å². The van der Waals surface area contributed by atoms with E-state index in [1.807, 2.05) is 33.8 Å². The van der Waals surface area contributed by atoms with E-state index in [4.69, 9.17) is 4.74 Å². The molecule has 0 atom stereocenters. The first kappa shape index (κ1) is 24.2. The van der Waals surface area contributed by atoms with Gasteiger partial charge in [0, 0.05) is 12.6 Å². The third-order valence-corrected chi connectivity index (χ3v) is 7.65. The minimum Gasteiger partial charge on any atom is -0.454 e. The summed E-state index contributed by atoms with van der Waals surface area (Å²) in [5.41, 5.74) is 5.02. The molecule has 0 saturated carbocycles. The van der Waals surface area contributed by atoms with Crippen LogP contribution in [0.25, 0.3) is 0 Å². The first-order chi connectivity index (χ1) is 15.5. The standard InChI is InChI=1S/C26H27NO5S/c1-17-15-18(2)20(4)25(19(17)3)24(28)16-32-26(29)21-11-13-23(14-12-21)33(30,31)27(5)22-9-7-6-8-10-22/h6-15H,16H2,1-5H3. The van der Waals surface area contributed by atoms with Gasteiger partial charge in [0.25, 0.3) is 10.0 Å². The summed E-state index contributed by atoms with van der Waals surface area (Å²) in [5.74, 6) is -0.961. The summed E-state index contributed by atoms with van der Waals surface area (Å²) in [6.45, 7) is 7.25. The molecule has 3 aromatic carbocycles. The third-order valence-electron chi connectivity index (χ3n) is 5.85. The van der Waals surface area contributed by atoms with Crippen LogP contribution in [-0.2, 0) is 14.8 Å². The summed E-state index contributed by atoms with van der Waals surface area (Å²) >= 11 is 0. The van der Waals surface area contributed by atoms with Crippen molar-refractivity contribution < 1.29 is 22.7 Å². The molecule has 0 heterocycles. The Labute approximate surface area is 194 Å². The fourth-order valence-electron chi connectivity index (χ4n) is 3.62. The molecule has 0 bridgehead atoms. The average Bonchev–Trinajstić information content (AvgIpc) is 2.81. The molecule has 3 rings (SSSR count). The second-order valence-corrected chi connectivity index (χ2v) is 9.94. The van der Waals surface area contributed by atoms with Crippen LogP contribution in [0.3, 0.4) is 0 Å². The number of ketones is 1. The number of sulfonamides is 1. The number of para-hydroxylation sites is 1. The van der Waals surface area contributed by atoms with Crippen LogP contribution in [0.5, 0.6) is 0 Å². The van der Waals surface area contributed by atoms with Crippen molar-refractivity contribution in [1.82, 2.24) is 0 Å². The molecule has 0 fully saturated rings. The normalized spacial score (nSPS) is 11.2. The molecule has 0 unspecified atom stereocenters. The lowest BCUT2D eigenvalue weighted by Gasteiger charge is -2.19. The lowest BCUT2D eigenvalue weighted by atomic mass is 9.92. The van der Waals surface area contributed by atoms with Gasteiger partial charge in [0.05, 0.1) is 16.1 Å². The van der Waals surface area contributed by atoms with Crippen molar-refractivity contribution in [3.05, 3.63) is 94.0 Å². The van der Waals surface area contributed by atoms with Crippen LogP contribution in [-0.4, -0.2) is 33.8 Å². The number of aryl methyl sites for hydroxylation is 2. The van der Waals surface area contributed by atoms with Crippen molar-refractivity contribution in [3.8, 4) is 0 Å². The van der Waals surface area contributed by atoms with Crippen LogP contribution >= 0.6 is 0 Å². The van der Waals surface area contributed by atoms with Gasteiger partial charge in [-0.15, -0.1) is 0 Å². The zero-order chi connectivity index (χ0) is 24.3. The Balaban J connectivity index is 1.72. The molecule has 0 saturated heterocycles. The van der Waals surface area contributed by atoms with E-state index in [9.17, 15) is 18.0 Å². The second kappa shape index (κ2) is 9.58. The highest BCUT2D eigenvalue weighted by molar-refractivity contribution is 7.92. The largest absolute Gasteiger partial charge is 0.454 e. The van der Waals surface area contributed by atoms with Crippen LogP contribution < -0.4 is 4.31 Å². The minimum atomic E-state index is -3.79. The Bertz CT molecular complexity index is 1270. The molecule has 0 N–H and O–H groups in total. The predicted molar refractivity (Wildman–Crippen MR) is 128 cm³/mol. The molecule has 0 aromatic heterocycles. The minimum absolute atomic E-state index is 0.0444. The van der Waals surface area contributed by atoms with Crippen molar-refractivity contribution in [2.75, 3.05) is 18.0 Å². The number of ether oxygens (including phenoxy) is 1. The molecule has 7 heteroatoms. The first-order valence-electron chi connectivity index (χ1n) is 10.5. The number of rotatable bonds is 7. The summed E-state index contributed by atoms with van der Waals surface area (Å²) in [6.07, 6.45) is 0. The highest BCUT2D eigenvalue weighted by Gasteiger charge is 2.22. The molecule has 6 nitrogen and oxygen atoms in total. The smallest absolute Gasteiger partial charge is 0.338 e. The van der Waals surface area contributed by atoms with Crippen molar-refractivity contribution in [2.24, 2.45) is 0 Å². The highest BCUT2D eigenvalue weighted by atomic mass is 32.2. The number of hydrogen-bond donors (Lipinski definition) is 0. The fraction of sp³-hybridized carbons (Fsp3) is 0.231. The van der Waals surface area contributed by atoms with Crippen LogP contribution in [0.15, 0.2) is 65.6 Å². The fourth-order valence-corrected chi connectivity index (χ4v) is 4.82. The Morgan fingerprint density at radius 2 is 1.39 bits per heavy atom. The van der Waals surface area contributed by atoms with E-state index in [-0.39, 0.29) is 22.8 Å². The quantitative estimate of drug-likeness (QED) is 0.370. The number of anilines is 1. The maximum absolute atomic E-state index is 12.9. The van der Waals surface area contributed by atoms with Gasteiger partial charge < -0.3 is 4.74 Å². The topological polar surface area (TPSA) is 80.8 Å². The number of carbonyl (C=O) groups is 2. The van der Waals surface area contributed by atoms with Crippen molar-refractivity contribution in [2.45, 2.75) is 32.6 Å². The number of esters is 1. The average molecular weight is 466 g/mol. The van der Waals surface area contributed by atoms with E-state index >= 15 is 0 Å². The van der Waals surface area contributed by atoms with Gasteiger partial charge in [-0.1, -0.05) is 24.3 Å². The molecule has 172 valence electrons. The predicted octanol–water partition coefficient (Wildman–Crippen LogP) is 4.79. The number of hydrogen-bond acceptors (Lipinski definition) is 5. The molecular weight excluding hydrogens is 438 g/mol. The van der Waals surface area contributed by atoms with Gasteiger partial charge in [-0.2, -0.15) is 0 Å². The monoisotopic (exact) mass is 465 g/mol. The van der Waals surface area contributed by atoms with Crippen molar-refractivity contribution in [3.63, 3.8) is 0 Å². The zero-order valence-electron chi connectivity index (χ0n) is 19.4. The molecule has 3 aromatic rings.